The number of carbonyl (C=O) groups excluding carboxylic acids is 1. The Morgan fingerprint density at radius 1 is 1.06 bits per heavy atom. The number of aromatic amines is 1. The minimum atomic E-state index is -1.05. The number of carboxylic acid groups (broad SMARTS) is 1. The van der Waals surface area contributed by atoms with Crippen LogP contribution in [0, 0.1) is 27.7 Å². The van der Waals surface area contributed by atoms with Crippen LogP contribution in [0.25, 0.3) is 32.9 Å². The highest BCUT2D eigenvalue weighted by Crippen LogP contribution is 2.46. The molecule has 1 aliphatic heterocycles. The van der Waals surface area contributed by atoms with Gasteiger partial charge in [0, 0.05) is 52.3 Å². The molecule has 11 heteroatoms. The third kappa shape index (κ3) is 5.84. The number of hydrogen-bond acceptors (Lipinski definition) is 4. The topological polar surface area (TPSA) is 105 Å². The van der Waals surface area contributed by atoms with Gasteiger partial charge in [0.2, 0.25) is 0 Å². The summed E-state index contributed by atoms with van der Waals surface area (Å²) >= 11 is 13.5. The predicted octanol–water partition coefficient (Wildman–Crippen LogP) is 10.1. The molecule has 7 rings (SSSR count). The Kier molecular flexibility index (Phi) is 9.16. The van der Waals surface area contributed by atoms with Crippen molar-refractivity contribution in [3.8, 4) is 16.9 Å². The lowest BCUT2D eigenvalue weighted by atomic mass is 9.98. The van der Waals surface area contributed by atoms with Crippen molar-refractivity contribution < 1.29 is 19.4 Å². The molecule has 1 unspecified atom stereocenters. The van der Waals surface area contributed by atoms with Crippen molar-refractivity contribution in [2.24, 2.45) is 7.05 Å². The van der Waals surface area contributed by atoms with Gasteiger partial charge in [-0.15, -0.1) is 0 Å². The van der Waals surface area contributed by atoms with Gasteiger partial charge < -0.3 is 24.3 Å². The summed E-state index contributed by atoms with van der Waals surface area (Å²) in [5.74, 6) is -0.277. The van der Waals surface area contributed by atoms with E-state index in [0.717, 1.165) is 71.8 Å². The van der Waals surface area contributed by atoms with Crippen molar-refractivity contribution in [1.82, 2.24) is 19.3 Å². The molecule has 1 atom stereocenters. The average molecular weight is 741 g/mol. The van der Waals surface area contributed by atoms with Crippen LogP contribution in [0.3, 0.4) is 0 Å². The first-order chi connectivity index (χ1) is 24.7. The lowest BCUT2D eigenvalue weighted by Crippen LogP contribution is -2.43. The summed E-state index contributed by atoms with van der Waals surface area (Å²) in [6.07, 6.45) is 1.24. The van der Waals surface area contributed by atoms with Crippen molar-refractivity contribution in [2.75, 3.05) is 18.1 Å². The molecule has 1 amide bonds. The molecule has 6 aromatic rings. The lowest BCUT2D eigenvalue weighted by molar-refractivity contribution is 0.0691. The number of aromatic carboxylic acids is 1. The van der Waals surface area contributed by atoms with Gasteiger partial charge in [-0.05, 0) is 112 Å². The molecule has 0 saturated heterocycles. The van der Waals surface area contributed by atoms with Gasteiger partial charge >= 0.3 is 5.97 Å². The van der Waals surface area contributed by atoms with Crippen LogP contribution >= 0.6 is 23.2 Å². The molecular weight excluding hydrogens is 697 g/mol. The second-order valence-electron chi connectivity index (χ2n) is 14.4. The first-order valence-corrected chi connectivity index (χ1v) is 18.4. The smallest absolute Gasteiger partial charge is 0.352 e. The highest BCUT2D eigenvalue weighted by Gasteiger charge is 2.37. The number of halogens is 2. The number of benzene rings is 3. The van der Waals surface area contributed by atoms with E-state index < -0.39 is 5.97 Å². The number of aromatic nitrogens is 4. The number of aryl methyl sites for hydroxylation is 5. The van der Waals surface area contributed by atoms with E-state index in [0.29, 0.717) is 47.9 Å². The van der Waals surface area contributed by atoms with E-state index in [-0.39, 0.29) is 23.6 Å². The fourth-order valence-corrected chi connectivity index (χ4v) is 8.20. The zero-order valence-corrected chi connectivity index (χ0v) is 32.3. The molecule has 3 aromatic heterocycles. The van der Waals surface area contributed by atoms with Crippen molar-refractivity contribution >= 4 is 62.6 Å². The number of ether oxygens (including phenoxy) is 1. The molecule has 270 valence electrons. The van der Waals surface area contributed by atoms with E-state index in [1.807, 2.05) is 80.7 Å². The molecule has 52 heavy (non-hydrogen) atoms. The van der Waals surface area contributed by atoms with E-state index in [1.165, 1.54) is 0 Å². The van der Waals surface area contributed by atoms with Gasteiger partial charge in [-0.25, -0.2) is 4.79 Å². The summed E-state index contributed by atoms with van der Waals surface area (Å²) in [4.78, 5) is 32.1. The Balaban J connectivity index is 1.39. The van der Waals surface area contributed by atoms with Gasteiger partial charge in [0.1, 0.15) is 17.1 Å². The summed E-state index contributed by atoms with van der Waals surface area (Å²) in [6, 6.07) is 13.4. The molecule has 0 bridgehead atoms. The minimum absolute atomic E-state index is 0.0806. The Hall–Kier alpha value is -4.73. The zero-order chi connectivity index (χ0) is 37.3. The SMILES string of the molecule is Cc1cc(OCCCc2c3n(c4c(-c5c(C)nn(C)c5C)c(Cl)ccc24)C(C)CN(c2cc(C(C)C)cc4cc(C(=O)O)[nH]c24)C3=O)cc(C)c1Cl. The maximum atomic E-state index is 15.1. The highest BCUT2D eigenvalue weighted by molar-refractivity contribution is 6.35. The normalized spacial score (nSPS) is 14.6. The Morgan fingerprint density at radius 3 is 2.40 bits per heavy atom. The summed E-state index contributed by atoms with van der Waals surface area (Å²) < 4.78 is 10.3. The number of carbonyl (C=O) groups is 2. The number of nitrogens with one attached hydrogen (secondary N) is 1. The third-order valence-corrected chi connectivity index (χ3v) is 11.4. The van der Waals surface area contributed by atoms with Gasteiger partial charge in [0.25, 0.3) is 5.91 Å². The van der Waals surface area contributed by atoms with Gasteiger partial charge in [-0.1, -0.05) is 43.1 Å². The molecule has 1 aliphatic rings. The molecule has 4 heterocycles. The first kappa shape index (κ1) is 35.7. The van der Waals surface area contributed by atoms with Crippen LogP contribution in [0.2, 0.25) is 10.0 Å². The van der Waals surface area contributed by atoms with Crippen molar-refractivity contribution in [3.05, 3.63) is 97.5 Å². The van der Waals surface area contributed by atoms with Crippen LogP contribution < -0.4 is 9.64 Å². The van der Waals surface area contributed by atoms with Gasteiger partial charge in [0.15, 0.2) is 0 Å². The van der Waals surface area contributed by atoms with E-state index in [9.17, 15) is 9.90 Å². The maximum Gasteiger partial charge on any atom is 0.352 e. The fourth-order valence-electron chi connectivity index (χ4n) is 7.85. The molecule has 2 N–H and O–H groups in total. The summed E-state index contributed by atoms with van der Waals surface area (Å²) in [5, 5.41) is 17.6. The van der Waals surface area contributed by atoms with Crippen molar-refractivity contribution in [1.29, 1.82) is 0 Å². The molecular formula is C41H43Cl2N5O4. The Bertz CT molecular complexity index is 2410. The van der Waals surface area contributed by atoms with E-state index in [2.05, 4.69) is 30.3 Å². The molecule has 3 aromatic carbocycles. The van der Waals surface area contributed by atoms with Gasteiger partial charge in [-0.3, -0.25) is 9.48 Å². The number of amides is 1. The fraction of sp³-hybridized carbons (Fsp3) is 0.341. The summed E-state index contributed by atoms with van der Waals surface area (Å²) in [5.41, 5.74) is 10.4. The third-order valence-electron chi connectivity index (χ3n) is 10.5. The standard InChI is InChI=1S/C41H43Cl2N5O4/c1-20(2)26-16-27-17-32(41(50)51)44-37(27)33(18-26)47-19-23(5)48-38-30(11-12-31(42)35(38)34-24(6)45-46(8)25(34)7)29(39(48)40(47)49)10-9-13-52-28-14-21(3)36(43)22(4)15-28/h11-12,14-18,20,23,44H,9-10,13,19H2,1-8H3,(H,50,51). The molecule has 0 saturated carbocycles. The second kappa shape index (κ2) is 13.4. The number of nitrogens with zero attached hydrogens (tertiary/aromatic N) is 4. The van der Waals surface area contributed by atoms with Crippen LogP contribution in [0.5, 0.6) is 5.75 Å². The molecule has 0 aliphatic carbocycles. The Morgan fingerprint density at radius 2 is 1.77 bits per heavy atom. The largest absolute Gasteiger partial charge is 0.494 e. The number of fused-ring (bicyclic) bond motifs is 4. The van der Waals surface area contributed by atoms with Gasteiger partial charge in [-0.2, -0.15) is 5.10 Å². The van der Waals surface area contributed by atoms with Crippen LogP contribution in [0.15, 0.2) is 42.5 Å². The summed E-state index contributed by atoms with van der Waals surface area (Å²) in [7, 11) is 1.93. The Labute approximate surface area is 313 Å². The number of hydrogen-bond donors (Lipinski definition) is 2. The van der Waals surface area contributed by atoms with Crippen molar-refractivity contribution in [3.63, 3.8) is 0 Å². The minimum Gasteiger partial charge on any atom is -0.494 e. The van der Waals surface area contributed by atoms with Crippen molar-refractivity contribution in [2.45, 2.75) is 73.3 Å². The number of rotatable bonds is 9. The van der Waals surface area contributed by atoms with Crippen LogP contribution in [-0.4, -0.2) is 49.5 Å². The quantitative estimate of drug-likeness (QED) is 0.144. The average Bonchev–Trinajstić information content (AvgIpc) is 3.75. The summed E-state index contributed by atoms with van der Waals surface area (Å²) in [6.45, 7) is 15.1. The maximum absolute atomic E-state index is 15.1. The van der Waals surface area contributed by atoms with Crippen LogP contribution in [-0.2, 0) is 13.5 Å². The predicted molar refractivity (Wildman–Crippen MR) is 209 cm³/mol. The molecule has 9 nitrogen and oxygen atoms in total. The van der Waals surface area contributed by atoms with Crippen LogP contribution in [0.1, 0.15) is 93.8 Å². The first-order valence-electron chi connectivity index (χ1n) is 17.6. The van der Waals surface area contributed by atoms with Crippen LogP contribution in [0.4, 0.5) is 5.69 Å². The van der Waals surface area contributed by atoms with Gasteiger partial charge in [0.05, 0.1) is 34.0 Å². The highest BCUT2D eigenvalue weighted by atomic mass is 35.5. The number of anilines is 1. The van der Waals surface area contributed by atoms with E-state index in [1.54, 1.807) is 6.07 Å². The number of carboxylic acids is 1. The zero-order valence-electron chi connectivity index (χ0n) is 30.7. The molecule has 0 radical (unpaired) electrons. The van der Waals surface area contributed by atoms with E-state index in [4.69, 9.17) is 33.0 Å². The molecule has 0 spiro atoms. The lowest BCUT2D eigenvalue weighted by Gasteiger charge is -2.35. The number of H-pyrrole nitrogens is 1. The molecule has 0 fully saturated rings. The second-order valence-corrected chi connectivity index (χ2v) is 15.2. The monoisotopic (exact) mass is 739 g/mol. The van der Waals surface area contributed by atoms with E-state index >= 15 is 4.79 Å².